The number of fused-ring (bicyclic) bond motifs is 5. The Morgan fingerprint density at radius 3 is 2.59 bits per heavy atom. The van der Waals surface area contributed by atoms with Gasteiger partial charge < -0.3 is 4.74 Å². The fraction of sp³-hybridized carbons (Fsp3) is 0.905. The summed E-state index contributed by atoms with van der Waals surface area (Å²) in [6.07, 6.45) is 15.6. The van der Waals surface area contributed by atoms with Crippen molar-refractivity contribution in [1.82, 2.24) is 0 Å². The Labute approximate surface area is 135 Å². The van der Waals surface area contributed by atoms with E-state index in [2.05, 4.69) is 19.9 Å². The zero-order valence-corrected chi connectivity index (χ0v) is 14.4. The summed E-state index contributed by atoms with van der Waals surface area (Å²) in [6, 6.07) is 0. The number of hydrogen-bond donors (Lipinski definition) is 0. The van der Waals surface area contributed by atoms with Crippen LogP contribution < -0.4 is 0 Å². The molecule has 0 N–H and O–H groups in total. The van der Waals surface area contributed by atoms with Crippen LogP contribution in [-0.2, 0) is 4.74 Å². The van der Waals surface area contributed by atoms with E-state index in [0.717, 1.165) is 36.2 Å². The van der Waals surface area contributed by atoms with Crippen molar-refractivity contribution in [2.24, 2.45) is 35.0 Å². The van der Waals surface area contributed by atoms with E-state index in [1.54, 1.807) is 5.57 Å². The summed E-state index contributed by atoms with van der Waals surface area (Å²) in [5.41, 5.74) is 2.74. The van der Waals surface area contributed by atoms with Gasteiger partial charge in [-0.1, -0.05) is 18.6 Å². The van der Waals surface area contributed by atoms with E-state index in [4.69, 9.17) is 4.74 Å². The van der Waals surface area contributed by atoms with Gasteiger partial charge in [-0.05, 0) is 99.7 Å². The van der Waals surface area contributed by atoms with E-state index >= 15 is 0 Å². The van der Waals surface area contributed by atoms with Gasteiger partial charge in [0.1, 0.15) is 0 Å². The molecule has 1 aliphatic heterocycles. The second-order valence-electron chi connectivity index (χ2n) is 9.46. The van der Waals surface area contributed by atoms with Crippen LogP contribution in [0, 0.1) is 35.0 Å². The predicted molar refractivity (Wildman–Crippen MR) is 89.6 cm³/mol. The van der Waals surface area contributed by atoms with Gasteiger partial charge in [0.25, 0.3) is 0 Å². The lowest BCUT2D eigenvalue weighted by Crippen LogP contribution is -2.48. The molecule has 7 atom stereocenters. The first-order valence-corrected chi connectivity index (χ1v) is 9.95. The van der Waals surface area contributed by atoms with Crippen LogP contribution in [0.4, 0.5) is 0 Å². The third kappa shape index (κ3) is 1.81. The van der Waals surface area contributed by atoms with Crippen molar-refractivity contribution in [2.75, 3.05) is 6.61 Å². The lowest BCUT2D eigenvalue weighted by molar-refractivity contribution is -0.0518. The van der Waals surface area contributed by atoms with Crippen LogP contribution in [0.25, 0.3) is 0 Å². The maximum absolute atomic E-state index is 5.83. The molecule has 0 aromatic heterocycles. The largest absolute Gasteiger partial charge is 0.370 e. The molecule has 5 aliphatic rings. The van der Waals surface area contributed by atoms with Gasteiger partial charge in [-0.25, -0.2) is 0 Å². The molecule has 4 aliphatic carbocycles. The summed E-state index contributed by atoms with van der Waals surface area (Å²) in [5, 5.41) is 0. The zero-order chi connectivity index (χ0) is 14.9. The molecule has 0 bridgehead atoms. The first kappa shape index (κ1) is 14.1. The Hall–Kier alpha value is -0.300. The van der Waals surface area contributed by atoms with Crippen LogP contribution in [0.15, 0.2) is 11.6 Å². The summed E-state index contributed by atoms with van der Waals surface area (Å²) in [7, 11) is 0. The van der Waals surface area contributed by atoms with Gasteiger partial charge in [0, 0.05) is 0 Å². The average Bonchev–Trinajstić information content (AvgIpc) is 3.17. The molecular formula is C21H32O. The molecule has 5 fully saturated rings. The number of hydrogen-bond acceptors (Lipinski definition) is 1. The molecule has 0 amide bonds. The minimum Gasteiger partial charge on any atom is -0.370 e. The van der Waals surface area contributed by atoms with E-state index in [1.165, 1.54) is 57.8 Å². The summed E-state index contributed by atoms with van der Waals surface area (Å²) in [4.78, 5) is 0. The maximum atomic E-state index is 5.83. The lowest BCUT2D eigenvalue weighted by atomic mass is 9.50. The lowest BCUT2D eigenvalue weighted by Gasteiger charge is -2.55. The molecule has 0 unspecified atom stereocenters. The van der Waals surface area contributed by atoms with Gasteiger partial charge in [0.15, 0.2) is 0 Å². The van der Waals surface area contributed by atoms with Crippen LogP contribution in [0.5, 0.6) is 0 Å². The van der Waals surface area contributed by atoms with Crippen molar-refractivity contribution in [3.05, 3.63) is 11.6 Å². The Kier molecular flexibility index (Phi) is 2.96. The second kappa shape index (κ2) is 4.62. The van der Waals surface area contributed by atoms with Crippen LogP contribution >= 0.6 is 0 Å². The highest BCUT2D eigenvalue weighted by atomic mass is 16.6. The second-order valence-corrected chi connectivity index (χ2v) is 9.46. The summed E-state index contributed by atoms with van der Waals surface area (Å²) in [5.74, 6) is 5.17. The zero-order valence-electron chi connectivity index (χ0n) is 14.4. The van der Waals surface area contributed by atoms with Crippen molar-refractivity contribution >= 4 is 0 Å². The first-order valence-electron chi connectivity index (χ1n) is 9.95. The molecule has 4 saturated carbocycles. The average molecular weight is 300 g/mol. The Balaban J connectivity index is 1.40. The van der Waals surface area contributed by atoms with E-state index in [0.29, 0.717) is 11.0 Å². The first-order chi connectivity index (χ1) is 10.7. The molecule has 1 saturated heterocycles. The fourth-order valence-electron chi connectivity index (χ4n) is 7.63. The monoisotopic (exact) mass is 300 g/mol. The van der Waals surface area contributed by atoms with Crippen LogP contribution in [0.3, 0.4) is 0 Å². The van der Waals surface area contributed by atoms with Crippen molar-refractivity contribution < 1.29 is 4.74 Å². The topological polar surface area (TPSA) is 12.5 Å². The standard InChI is InChI=1S/C21H32O/c1-3-15-5-7-19-18-6-4-14-12-21(13-22-21)11-9-16(14)17(18)8-10-20(15,19)2/h3,14,16-19H,4-13H2,1-2H3/b15-3-/t14-,16+,17-,18-,19+,20-,21+/m1/s1. The van der Waals surface area contributed by atoms with Gasteiger partial charge in [0.05, 0.1) is 12.2 Å². The predicted octanol–water partition coefficient (Wildman–Crippen LogP) is 5.35. The van der Waals surface area contributed by atoms with Crippen molar-refractivity contribution in [1.29, 1.82) is 0 Å². The van der Waals surface area contributed by atoms with Gasteiger partial charge in [-0.2, -0.15) is 0 Å². The Bertz CT molecular complexity index is 502. The van der Waals surface area contributed by atoms with E-state index in [9.17, 15) is 0 Å². The smallest absolute Gasteiger partial charge is 0.0919 e. The van der Waals surface area contributed by atoms with E-state index in [-0.39, 0.29) is 0 Å². The maximum Gasteiger partial charge on any atom is 0.0919 e. The summed E-state index contributed by atoms with van der Waals surface area (Å²) in [6.45, 7) is 5.97. The van der Waals surface area contributed by atoms with Crippen molar-refractivity contribution in [3.8, 4) is 0 Å². The fourth-order valence-corrected chi connectivity index (χ4v) is 7.63. The molecule has 1 heteroatoms. The third-order valence-corrected chi connectivity index (χ3v) is 8.84. The van der Waals surface area contributed by atoms with Gasteiger partial charge in [0.2, 0.25) is 0 Å². The number of allylic oxidation sites excluding steroid dienone is 2. The molecule has 0 radical (unpaired) electrons. The number of rotatable bonds is 0. The highest BCUT2D eigenvalue weighted by molar-refractivity contribution is 5.23. The van der Waals surface area contributed by atoms with E-state index in [1.807, 2.05) is 0 Å². The van der Waals surface area contributed by atoms with Crippen LogP contribution in [0.1, 0.15) is 71.6 Å². The van der Waals surface area contributed by atoms with Gasteiger partial charge in [-0.3, -0.25) is 0 Å². The molecule has 122 valence electrons. The highest BCUT2D eigenvalue weighted by Crippen LogP contribution is 2.65. The Morgan fingerprint density at radius 1 is 1.00 bits per heavy atom. The quantitative estimate of drug-likeness (QED) is 0.434. The minimum absolute atomic E-state index is 0.378. The van der Waals surface area contributed by atoms with Gasteiger partial charge >= 0.3 is 0 Å². The molecule has 22 heavy (non-hydrogen) atoms. The number of epoxide rings is 1. The minimum atomic E-state index is 0.378. The molecule has 0 aromatic carbocycles. The molecule has 1 nitrogen and oxygen atoms in total. The SMILES string of the molecule is C/C=C1/CC[C@H]2[C@@H]3CC[C@@H]4C[C@@]5(CC[C@@H]4[C@H]3CC[C@]12C)CO5. The van der Waals surface area contributed by atoms with E-state index < -0.39 is 0 Å². The Morgan fingerprint density at radius 2 is 1.82 bits per heavy atom. The third-order valence-electron chi connectivity index (χ3n) is 8.84. The summed E-state index contributed by atoms with van der Waals surface area (Å²) >= 11 is 0. The normalized spacial score (nSPS) is 58.3. The molecule has 0 aromatic rings. The van der Waals surface area contributed by atoms with Crippen molar-refractivity contribution in [2.45, 2.75) is 77.2 Å². The molecule has 1 heterocycles. The summed E-state index contributed by atoms with van der Waals surface area (Å²) < 4.78 is 5.83. The van der Waals surface area contributed by atoms with Gasteiger partial charge in [-0.15, -0.1) is 0 Å². The van der Waals surface area contributed by atoms with Crippen LogP contribution in [-0.4, -0.2) is 12.2 Å². The molecular weight excluding hydrogens is 268 g/mol. The highest BCUT2D eigenvalue weighted by Gasteiger charge is 2.58. The molecule has 1 spiro atoms. The van der Waals surface area contributed by atoms with Crippen LogP contribution in [0.2, 0.25) is 0 Å². The molecule has 5 rings (SSSR count). The van der Waals surface area contributed by atoms with Crippen molar-refractivity contribution in [3.63, 3.8) is 0 Å². The number of ether oxygens (including phenoxy) is 1.